The highest BCUT2D eigenvalue weighted by atomic mass is 19.1. The SMILES string of the molecule is COc1cc(-c2ccc(CO)cc2C)c(F)cn1. The van der Waals surface area contributed by atoms with Crippen LogP contribution in [0.15, 0.2) is 30.5 Å². The fourth-order valence-electron chi connectivity index (χ4n) is 1.86. The topological polar surface area (TPSA) is 42.4 Å². The van der Waals surface area contributed by atoms with Crippen LogP contribution in [0.4, 0.5) is 4.39 Å². The van der Waals surface area contributed by atoms with E-state index in [4.69, 9.17) is 9.84 Å². The summed E-state index contributed by atoms with van der Waals surface area (Å²) in [5.74, 6) is -0.0207. The Balaban J connectivity index is 2.54. The Labute approximate surface area is 105 Å². The van der Waals surface area contributed by atoms with Gasteiger partial charge in [-0.2, -0.15) is 0 Å². The lowest BCUT2D eigenvalue weighted by Crippen LogP contribution is -1.94. The molecule has 0 atom stereocenters. The summed E-state index contributed by atoms with van der Waals surface area (Å²) in [7, 11) is 1.49. The van der Waals surface area contributed by atoms with Crippen molar-refractivity contribution in [3.63, 3.8) is 0 Å². The molecule has 2 aromatic rings. The van der Waals surface area contributed by atoms with E-state index in [0.29, 0.717) is 11.4 Å². The average Bonchev–Trinajstić information content (AvgIpc) is 2.39. The second-order valence-corrected chi connectivity index (χ2v) is 4.01. The summed E-state index contributed by atoms with van der Waals surface area (Å²) in [4.78, 5) is 3.81. The van der Waals surface area contributed by atoms with Gasteiger partial charge in [0.2, 0.25) is 5.88 Å². The number of pyridine rings is 1. The lowest BCUT2D eigenvalue weighted by molar-refractivity contribution is 0.282. The van der Waals surface area contributed by atoms with Gasteiger partial charge in [-0.15, -0.1) is 0 Å². The molecule has 0 bridgehead atoms. The maximum atomic E-state index is 13.8. The Bertz CT molecular complexity index is 570. The van der Waals surface area contributed by atoms with Crippen molar-refractivity contribution in [2.75, 3.05) is 7.11 Å². The summed E-state index contributed by atoms with van der Waals surface area (Å²) < 4.78 is 18.8. The third kappa shape index (κ3) is 2.33. The summed E-state index contributed by atoms with van der Waals surface area (Å²) >= 11 is 0. The van der Waals surface area contributed by atoms with Crippen molar-refractivity contribution in [3.8, 4) is 17.0 Å². The van der Waals surface area contributed by atoms with Crippen LogP contribution < -0.4 is 4.74 Å². The third-order valence-electron chi connectivity index (χ3n) is 2.80. The first kappa shape index (κ1) is 12.5. The minimum absolute atomic E-state index is 0.0245. The smallest absolute Gasteiger partial charge is 0.213 e. The van der Waals surface area contributed by atoms with E-state index >= 15 is 0 Å². The molecule has 0 aliphatic heterocycles. The molecule has 0 aliphatic rings. The molecular weight excluding hydrogens is 233 g/mol. The van der Waals surface area contributed by atoms with Crippen LogP contribution in [0.3, 0.4) is 0 Å². The average molecular weight is 247 g/mol. The van der Waals surface area contributed by atoms with Gasteiger partial charge in [-0.05, 0) is 23.6 Å². The summed E-state index contributed by atoms with van der Waals surface area (Å²) in [6.07, 6.45) is 1.15. The molecule has 0 saturated carbocycles. The Hall–Kier alpha value is -1.94. The molecule has 1 heterocycles. The first-order chi connectivity index (χ1) is 8.65. The summed E-state index contributed by atoms with van der Waals surface area (Å²) in [5.41, 5.74) is 2.92. The number of rotatable bonds is 3. The van der Waals surface area contributed by atoms with Crippen molar-refractivity contribution < 1.29 is 14.2 Å². The van der Waals surface area contributed by atoms with Crippen LogP contribution in [0.2, 0.25) is 0 Å². The lowest BCUT2D eigenvalue weighted by atomic mass is 9.99. The number of aromatic nitrogens is 1. The number of hydrogen-bond acceptors (Lipinski definition) is 3. The largest absolute Gasteiger partial charge is 0.481 e. The molecule has 0 amide bonds. The molecule has 0 fully saturated rings. The van der Waals surface area contributed by atoms with Crippen LogP contribution in [0.25, 0.3) is 11.1 Å². The van der Waals surface area contributed by atoms with Gasteiger partial charge in [0.15, 0.2) is 0 Å². The normalized spacial score (nSPS) is 10.4. The van der Waals surface area contributed by atoms with Gasteiger partial charge < -0.3 is 9.84 Å². The molecular formula is C14H14FNO2. The van der Waals surface area contributed by atoms with E-state index in [-0.39, 0.29) is 6.61 Å². The summed E-state index contributed by atoms with van der Waals surface area (Å²) in [5, 5.41) is 9.06. The Kier molecular flexibility index (Phi) is 3.58. The van der Waals surface area contributed by atoms with Crippen LogP contribution >= 0.6 is 0 Å². The number of methoxy groups -OCH3 is 1. The molecule has 2 rings (SSSR count). The summed E-state index contributed by atoms with van der Waals surface area (Å²) in [6.45, 7) is 1.85. The van der Waals surface area contributed by atoms with E-state index in [0.717, 1.165) is 22.9 Å². The minimum Gasteiger partial charge on any atom is -0.481 e. The standard InChI is InChI=1S/C14H14FNO2/c1-9-5-10(8-17)3-4-11(9)12-6-14(18-2)16-7-13(12)15/h3-7,17H,8H2,1-2H3. The molecule has 0 aliphatic carbocycles. The molecule has 94 valence electrons. The van der Waals surface area contributed by atoms with E-state index < -0.39 is 5.82 Å². The van der Waals surface area contributed by atoms with Gasteiger partial charge in [-0.1, -0.05) is 18.2 Å². The van der Waals surface area contributed by atoms with Crippen molar-refractivity contribution in [1.82, 2.24) is 4.98 Å². The van der Waals surface area contributed by atoms with Gasteiger partial charge in [0, 0.05) is 11.6 Å². The monoisotopic (exact) mass is 247 g/mol. The van der Waals surface area contributed by atoms with E-state index in [1.165, 1.54) is 7.11 Å². The third-order valence-corrected chi connectivity index (χ3v) is 2.80. The van der Waals surface area contributed by atoms with Gasteiger partial charge in [0.05, 0.1) is 19.9 Å². The van der Waals surface area contributed by atoms with Crippen molar-refractivity contribution in [1.29, 1.82) is 0 Å². The molecule has 0 saturated heterocycles. The number of aliphatic hydroxyl groups is 1. The van der Waals surface area contributed by atoms with Crippen LogP contribution in [0, 0.1) is 12.7 Å². The van der Waals surface area contributed by atoms with Gasteiger partial charge in [0.1, 0.15) is 5.82 Å². The summed E-state index contributed by atoms with van der Waals surface area (Å²) in [6, 6.07) is 6.96. The molecule has 1 N–H and O–H groups in total. The second kappa shape index (κ2) is 5.14. The zero-order valence-electron chi connectivity index (χ0n) is 10.3. The predicted molar refractivity (Wildman–Crippen MR) is 66.8 cm³/mol. The molecule has 0 radical (unpaired) electrons. The minimum atomic E-state index is -0.393. The quantitative estimate of drug-likeness (QED) is 0.906. The highest BCUT2D eigenvalue weighted by Crippen LogP contribution is 2.28. The lowest BCUT2D eigenvalue weighted by Gasteiger charge is -2.09. The van der Waals surface area contributed by atoms with Crippen LogP contribution in [-0.4, -0.2) is 17.2 Å². The number of aryl methyl sites for hydroxylation is 1. The van der Waals surface area contributed by atoms with Crippen LogP contribution in [-0.2, 0) is 6.61 Å². The first-order valence-corrected chi connectivity index (χ1v) is 5.56. The maximum absolute atomic E-state index is 13.8. The van der Waals surface area contributed by atoms with E-state index in [2.05, 4.69) is 4.98 Å². The first-order valence-electron chi connectivity index (χ1n) is 5.56. The van der Waals surface area contributed by atoms with Gasteiger partial charge in [0.25, 0.3) is 0 Å². The molecule has 0 unspecified atom stereocenters. The molecule has 3 nitrogen and oxygen atoms in total. The number of halogens is 1. The Morgan fingerprint density at radius 2 is 2.06 bits per heavy atom. The van der Waals surface area contributed by atoms with Gasteiger partial charge in [-0.3, -0.25) is 0 Å². The molecule has 4 heteroatoms. The van der Waals surface area contributed by atoms with E-state index in [1.54, 1.807) is 18.2 Å². The molecule has 1 aromatic carbocycles. The van der Waals surface area contributed by atoms with Gasteiger partial charge in [-0.25, -0.2) is 9.37 Å². The highest BCUT2D eigenvalue weighted by molar-refractivity contribution is 5.68. The maximum Gasteiger partial charge on any atom is 0.213 e. The molecule has 18 heavy (non-hydrogen) atoms. The fourth-order valence-corrected chi connectivity index (χ4v) is 1.86. The van der Waals surface area contributed by atoms with Crippen molar-refractivity contribution in [2.24, 2.45) is 0 Å². The number of hydrogen-bond donors (Lipinski definition) is 1. The zero-order valence-corrected chi connectivity index (χ0v) is 10.3. The van der Waals surface area contributed by atoms with Crippen LogP contribution in [0.1, 0.15) is 11.1 Å². The Morgan fingerprint density at radius 1 is 1.28 bits per heavy atom. The predicted octanol–water partition coefficient (Wildman–Crippen LogP) is 2.70. The number of ether oxygens (including phenoxy) is 1. The van der Waals surface area contributed by atoms with Crippen molar-refractivity contribution >= 4 is 0 Å². The van der Waals surface area contributed by atoms with Crippen molar-refractivity contribution in [2.45, 2.75) is 13.5 Å². The Morgan fingerprint density at radius 3 is 2.67 bits per heavy atom. The number of aliphatic hydroxyl groups excluding tert-OH is 1. The van der Waals surface area contributed by atoms with Gasteiger partial charge >= 0.3 is 0 Å². The van der Waals surface area contributed by atoms with Crippen LogP contribution in [0.5, 0.6) is 5.88 Å². The van der Waals surface area contributed by atoms with E-state index in [1.807, 2.05) is 13.0 Å². The number of benzene rings is 1. The second-order valence-electron chi connectivity index (χ2n) is 4.01. The fraction of sp³-hybridized carbons (Fsp3) is 0.214. The number of nitrogens with zero attached hydrogens (tertiary/aromatic N) is 1. The molecule has 1 aromatic heterocycles. The molecule has 0 spiro atoms. The highest BCUT2D eigenvalue weighted by Gasteiger charge is 2.10. The van der Waals surface area contributed by atoms with E-state index in [9.17, 15) is 4.39 Å². The van der Waals surface area contributed by atoms with Crippen molar-refractivity contribution in [3.05, 3.63) is 47.4 Å². The zero-order chi connectivity index (χ0) is 13.1.